The van der Waals surface area contributed by atoms with Crippen molar-refractivity contribution in [1.29, 1.82) is 0 Å². The van der Waals surface area contributed by atoms with Gasteiger partial charge in [0.2, 0.25) is 0 Å². The summed E-state index contributed by atoms with van der Waals surface area (Å²) in [5.41, 5.74) is 2.72. The van der Waals surface area contributed by atoms with Crippen LogP contribution in [-0.2, 0) is 0 Å². The van der Waals surface area contributed by atoms with E-state index in [1.54, 1.807) is 0 Å². The Kier molecular flexibility index (Phi) is 5.23. The van der Waals surface area contributed by atoms with Crippen molar-refractivity contribution in [1.82, 2.24) is 5.32 Å². The van der Waals surface area contributed by atoms with Gasteiger partial charge in [0.15, 0.2) is 0 Å². The molecule has 0 aromatic heterocycles. The lowest BCUT2D eigenvalue weighted by Crippen LogP contribution is -2.40. The van der Waals surface area contributed by atoms with Gasteiger partial charge < -0.3 is 10.2 Å². The number of nitrogens with zero attached hydrogens (tertiary/aromatic N) is 1. The Labute approximate surface area is 120 Å². The lowest BCUT2D eigenvalue weighted by atomic mass is 9.98. The van der Waals surface area contributed by atoms with Crippen LogP contribution in [0.25, 0.3) is 0 Å². The molecule has 0 saturated carbocycles. The van der Waals surface area contributed by atoms with Crippen LogP contribution >= 0.6 is 15.9 Å². The van der Waals surface area contributed by atoms with Gasteiger partial charge in [-0.15, -0.1) is 0 Å². The lowest BCUT2D eigenvalue weighted by Gasteiger charge is -2.37. The van der Waals surface area contributed by atoms with Gasteiger partial charge in [0.1, 0.15) is 0 Å². The first-order chi connectivity index (χ1) is 8.33. The lowest BCUT2D eigenvalue weighted by molar-refractivity contribution is 0.470. The van der Waals surface area contributed by atoms with Crippen LogP contribution in [0.4, 0.5) is 5.69 Å². The highest BCUT2D eigenvalue weighted by atomic mass is 79.9. The molecule has 0 aliphatic carbocycles. The quantitative estimate of drug-likeness (QED) is 0.869. The predicted octanol–water partition coefficient (Wildman–Crippen LogP) is 4.35. The first-order valence-corrected chi connectivity index (χ1v) is 7.33. The summed E-state index contributed by atoms with van der Waals surface area (Å²) in [5.74, 6) is 0. The van der Waals surface area contributed by atoms with Crippen molar-refractivity contribution in [3.8, 4) is 0 Å². The summed E-state index contributed by atoms with van der Waals surface area (Å²) in [6.45, 7) is 8.93. The van der Waals surface area contributed by atoms with Crippen molar-refractivity contribution < 1.29 is 0 Å². The van der Waals surface area contributed by atoms with Crippen LogP contribution in [0.1, 0.15) is 45.7 Å². The van der Waals surface area contributed by atoms with Gasteiger partial charge in [-0.3, -0.25) is 0 Å². The van der Waals surface area contributed by atoms with Gasteiger partial charge in [0.05, 0.1) is 0 Å². The Bertz CT molecular complexity index is 401. The van der Waals surface area contributed by atoms with E-state index in [2.05, 4.69) is 79.1 Å². The maximum atomic E-state index is 3.68. The normalized spacial score (nSPS) is 13.5. The van der Waals surface area contributed by atoms with Crippen LogP contribution in [0.3, 0.4) is 0 Å². The molecular weight excluding hydrogens is 288 g/mol. The Morgan fingerprint density at radius 1 is 1.39 bits per heavy atom. The molecule has 0 aliphatic heterocycles. The highest BCUT2D eigenvalue weighted by Crippen LogP contribution is 2.31. The first kappa shape index (κ1) is 15.5. The average molecular weight is 313 g/mol. The van der Waals surface area contributed by atoms with Crippen LogP contribution in [0, 0.1) is 0 Å². The van der Waals surface area contributed by atoms with Gasteiger partial charge in [-0.2, -0.15) is 0 Å². The number of benzene rings is 1. The van der Waals surface area contributed by atoms with Gasteiger partial charge in [-0.25, -0.2) is 0 Å². The van der Waals surface area contributed by atoms with Crippen molar-refractivity contribution in [2.75, 3.05) is 19.0 Å². The zero-order valence-corrected chi connectivity index (χ0v) is 13.9. The molecular formula is C15H25BrN2. The largest absolute Gasteiger partial charge is 0.369 e. The zero-order valence-electron chi connectivity index (χ0n) is 12.3. The standard InChI is InChI=1S/C15H25BrN2/c1-7-15(3,4)18(6)12-8-9-13(11(2)17-5)14(16)10-12/h8-11,17H,7H2,1-6H3. The molecule has 0 spiro atoms. The summed E-state index contributed by atoms with van der Waals surface area (Å²) in [7, 11) is 4.14. The minimum absolute atomic E-state index is 0.176. The number of hydrogen-bond acceptors (Lipinski definition) is 2. The molecule has 0 saturated heterocycles. The van der Waals surface area contributed by atoms with Crippen LogP contribution in [0.5, 0.6) is 0 Å². The third kappa shape index (κ3) is 3.27. The summed E-state index contributed by atoms with van der Waals surface area (Å²) < 4.78 is 1.17. The molecule has 0 amide bonds. The van der Waals surface area contributed by atoms with Gasteiger partial charge in [0, 0.05) is 28.8 Å². The van der Waals surface area contributed by atoms with Crippen molar-refractivity contribution in [2.24, 2.45) is 0 Å². The molecule has 0 fully saturated rings. The smallest absolute Gasteiger partial charge is 0.0379 e. The number of anilines is 1. The highest BCUT2D eigenvalue weighted by Gasteiger charge is 2.22. The summed E-state index contributed by atoms with van der Waals surface area (Å²) in [6.07, 6.45) is 1.12. The van der Waals surface area contributed by atoms with Crippen LogP contribution in [0.2, 0.25) is 0 Å². The monoisotopic (exact) mass is 312 g/mol. The van der Waals surface area contributed by atoms with Gasteiger partial charge >= 0.3 is 0 Å². The molecule has 1 unspecified atom stereocenters. The molecule has 0 heterocycles. The van der Waals surface area contributed by atoms with E-state index in [1.165, 1.54) is 15.7 Å². The molecule has 1 atom stereocenters. The molecule has 1 aromatic carbocycles. The molecule has 102 valence electrons. The van der Waals surface area contributed by atoms with Gasteiger partial charge in [0.25, 0.3) is 0 Å². The Morgan fingerprint density at radius 2 is 2.00 bits per heavy atom. The number of nitrogens with one attached hydrogen (secondary N) is 1. The number of rotatable bonds is 5. The van der Waals surface area contributed by atoms with Crippen LogP contribution in [0.15, 0.2) is 22.7 Å². The first-order valence-electron chi connectivity index (χ1n) is 6.54. The summed E-state index contributed by atoms with van der Waals surface area (Å²) in [6, 6.07) is 6.97. The Morgan fingerprint density at radius 3 is 2.44 bits per heavy atom. The average Bonchev–Trinajstić information content (AvgIpc) is 2.36. The Balaban J connectivity index is 3.04. The third-order valence-corrected chi connectivity index (χ3v) is 4.73. The highest BCUT2D eigenvalue weighted by molar-refractivity contribution is 9.10. The van der Waals surface area contributed by atoms with Crippen molar-refractivity contribution >= 4 is 21.6 Å². The maximum Gasteiger partial charge on any atom is 0.0379 e. The SMILES string of the molecule is CCC(C)(C)N(C)c1ccc(C(C)NC)c(Br)c1. The van der Waals surface area contributed by atoms with E-state index in [4.69, 9.17) is 0 Å². The van der Waals surface area contributed by atoms with E-state index in [1.807, 2.05) is 7.05 Å². The summed E-state index contributed by atoms with van der Waals surface area (Å²) >= 11 is 3.68. The molecule has 0 radical (unpaired) electrons. The number of halogens is 1. The molecule has 0 bridgehead atoms. The van der Waals surface area contributed by atoms with E-state index in [0.717, 1.165) is 6.42 Å². The molecule has 2 nitrogen and oxygen atoms in total. The maximum absolute atomic E-state index is 3.68. The molecule has 1 rings (SSSR count). The topological polar surface area (TPSA) is 15.3 Å². The third-order valence-electron chi connectivity index (χ3n) is 4.04. The second kappa shape index (κ2) is 6.07. The fraction of sp³-hybridized carbons (Fsp3) is 0.600. The van der Waals surface area contributed by atoms with E-state index >= 15 is 0 Å². The minimum atomic E-state index is 0.176. The van der Waals surface area contributed by atoms with Crippen LogP contribution in [-0.4, -0.2) is 19.6 Å². The molecule has 0 aliphatic rings. The van der Waals surface area contributed by atoms with Crippen molar-refractivity contribution in [2.45, 2.75) is 45.7 Å². The van der Waals surface area contributed by atoms with Crippen molar-refractivity contribution in [3.05, 3.63) is 28.2 Å². The zero-order chi connectivity index (χ0) is 13.9. The van der Waals surface area contributed by atoms with Crippen molar-refractivity contribution in [3.63, 3.8) is 0 Å². The van der Waals surface area contributed by atoms with E-state index in [9.17, 15) is 0 Å². The second-order valence-corrected chi connectivity index (χ2v) is 6.30. The molecule has 1 aromatic rings. The number of hydrogen-bond donors (Lipinski definition) is 1. The second-order valence-electron chi connectivity index (χ2n) is 5.44. The minimum Gasteiger partial charge on any atom is -0.369 e. The van der Waals surface area contributed by atoms with E-state index in [0.29, 0.717) is 6.04 Å². The van der Waals surface area contributed by atoms with Gasteiger partial charge in [-0.1, -0.05) is 28.9 Å². The van der Waals surface area contributed by atoms with E-state index < -0.39 is 0 Å². The van der Waals surface area contributed by atoms with Crippen LogP contribution < -0.4 is 10.2 Å². The predicted molar refractivity (Wildman–Crippen MR) is 84.4 cm³/mol. The molecule has 18 heavy (non-hydrogen) atoms. The molecule has 3 heteroatoms. The van der Waals surface area contributed by atoms with Gasteiger partial charge in [-0.05, 0) is 51.9 Å². The van der Waals surface area contributed by atoms with E-state index in [-0.39, 0.29) is 5.54 Å². The fourth-order valence-corrected chi connectivity index (χ4v) is 2.53. The fourth-order valence-electron chi connectivity index (χ4n) is 1.82. The summed E-state index contributed by atoms with van der Waals surface area (Å²) in [4.78, 5) is 2.34. The summed E-state index contributed by atoms with van der Waals surface area (Å²) in [5, 5.41) is 3.27. The Hall–Kier alpha value is -0.540. The molecule has 1 N–H and O–H groups in total.